The molecule has 1 N–H and O–H groups in total. The minimum Gasteiger partial charge on any atom is -0.340 e. The maximum Gasteiger partial charge on any atom is 0.223 e. The van der Waals surface area contributed by atoms with E-state index in [9.17, 15) is 0 Å². The fourth-order valence-corrected chi connectivity index (χ4v) is 2.64. The standard InChI is InChI=1S/C11H13N5OS/c1-7-9(16-3-4-18-11(16)13-7)5-12-6-10-14-8(2)17-15-10/h3-4,12H,5-6H2,1-2H3. The van der Waals surface area contributed by atoms with E-state index in [-0.39, 0.29) is 0 Å². The first-order valence-corrected chi connectivity index (χ1v) is 6.53. The Bertz CT molecular complexity index is 668. The number of hydrogen-bond donors (Lipinski definition) is 1. The molecule has 0 amide bonds. The molecule has 0 bridgehead atoms. The average molecular weight is 263 g/mol. The van der Waals surface area contributed by atoms with E-state index in [0.717, 1.165) is 17.2 Å². The zero-order valence-corrected chi connectivity index (χ0v) is 11.0. The number of hydrogen-bond acceptors (Lipinski definition) is 6. The second-order valence-electron chi connectivity index (χ2n) is 4.03. The van der Waals surface area contributed by atoms with Gasteiger partial charge in [-0.05, 0) is 6.92 Å². The lowest BCUT2D eigenvalue weighted by Crippen LogP contribution is -2.15. The number of imidazole rings is 1. The Hall–Kier alpha value is -1.73. The highest BCUT2D eigenvalue weighted by atomic mass is 32.1. The van der Waals surface area contributed by atoms with Crippen molar-refractivity contribution in [1.82, 2.24) is 24.8 Å². The van der Waals surface area contributed by atoms with Gasteiger partial charge in [-0.2, -0.15) is 4.98 Å². The van der Waals surface area contributed by atoms with Gasteiger partial charge in [0.1, 0.15) is 0 Å². The van der Waals surface area contributed by atoms with Gasteiger partial charge in [0.2, 0.25) is 5.89 Å². The minimum atomic E-state index is 0.590. The lowest BCUT2D eigenvalue weighted by Gasteiger charge is -2.02. The summed E-state index contributed by atoms with van der Waals surface area (Å²) in [6.45, 7) is 5.13. The maximum atomic E-state index is 4.92. The van der Waals surface area contributed by atoms with Crippen LogP contribution in [0.15, 0.2) is 16.1 Å². The van der Waals surface area contributed by atoms with Crippen molar-refractivity contribution >= 4 is 16.3 Å². The van der Waals surface area contributed by atoms with Crippen LogP contribution in [0.2, 0.25) is 0 Å². The van der Waals surface area contributed by atoms with E-state index < -0.39 is 0 Å². The summed E-state index contributed by atoms with van der Waals surface area (Å²) in [5.41, 5.74) is 2.23. The van der Waals surface area contributed by atoms with Crippen molar-refractivity contribution in [2.24, 2.45) is 0 Å². The predicted octanol–water partition coefficient (Wildman–Crippen LogP) is 1.69. The van der Waals surface area contributed by atoms with Crippen molar-refractivity contribution in [2.45, 2.75) is 26.9 Å². The minimum absolute atomic E-state index is 0.590. The van der Waals surface area contributed by atoms with Gasteiger partial charge in [-0.1, -0.05) is 5.16 Å². The fourth-order valence-electron chi connectivity index (χ4n) is 1.86. The first-order valence-electron chi connectivity index (χ1n) is 5.65. The van der Waals surface area contributed by atoms with Gasteiger partial charge in [0, 0.05) is 25.0 Å². The molecule has 0 atom stereocenters. The van der Waals surface area contributed by atoms with Crippen LogP contribution in [0.3, 0.4) is 0 Å². The molecule has 3 aromatic rings. The first-order chi connectivity index (χ1) is 8.74. The van der Waals surface area contributed by atoms with Gasteiger partial charge in [0.25, 0.3) is 0 Å². The number of fused-ring (bicyclic) bond motifs is 1. The summed E-state index contributed by atoms with van der Waals surface area (Å²) in [7, 11) is 0. The van der Waals surface area contributed by atoms with Crippen LogP contribution in [0, 0.1) is 13.8 Å². The molecule has 3 aromatic heterocycles. The van der Waals surface area contributed by atoms with Crippen LogP contribution in [0.25, 0.3) is 4.96 Å². The molecule has 0 saturated carbocycles. The van der Waals surface area contributed by atoms with Crippen molar-refractivity contribution in [1.29, 1.82) is 0 Å². The molecular formula is C11H13N5OS. The molecule has 0 unspecified atom stereocenters. The summed E-state index contributed by atoms with van der Waals surface area (Å²) < 4.78 is 7.02. The lowest BCUT2D eigenvalue weighted by atomic mass is 10.3. The molecule has 3 heterocycles. The van der Waals surface area contributed by atoms with Crippen LogP contribution in [0.5, 0.6) is 0 Å². The summed E-state index contributed by atoms with van der Waals surface area (Å²) in [6, 6.07) is 0. The topological polar surface area (TPSA) is 68.2 Å². The first kappa shape index (κ1) is 11.4. The van der Waals surface area contributed by atoms with Crippen molar-refractivity contribution in [3.05, 3.63) is 34.7 Å². The highest BCUT2D eigenvalue weighted by molar-refractivity contribution is 7.15. The van der Waals surface area contributed by atoms with Gasteiger partial charge in [-0.15, -0.1) is 11.3 Å². The van der Waals surface area contributed by atoms with Gasteiger partial charge in [-0.25, -0.2) is 4.98 Å². The molecule has 0 radical (unpaired) electrons. The van der Waals surface area contributed by atoms with E-state index in [4.69, 9.17) is 4.52 Å². The Labute approximate surface area is 108 Å². The fraction of sp³-hybridized carbons (Fsp3) is 0.364. The number of nitrogens with zero attached hydrogens (tertiary/aromatic N) is 4. The van der Waals surface area contributed by atoms with Gasteiger partial charge >= 0.3 is 0 Å². The zero-order valence-electron chi connectivity index (χ0n) is 10.2. The molecule has 0 aliphatic heterocycles. The quantitative estimate of drug-likeness (QED) is 0.775. The molecule has 18 heavy (non-hydrogen) atoms. The smallest absolute Gasteiger partial charge is 0.223 e. The van der Waals surface area contributed by atoms with Gasteiger partial charge in [-0.3, -0.25) is 4.40 Å². The largest absolute Gasteiger partial charge is 0.340 e. The molecule has 6 nitrogen and oxygen atoms in total. The van der Waals surface area contributed by atoms with Crippen LogP contribution in [-0.2, 0) is 13.1 Å². The van der Waals surface area contributed by atoms with E-state index >= 15 is 0 Å². The summed E-state index contributed by atoms with van der Waals surface area (Å²) in [5.74, 6) is 1.27. The Balaban J connectivity index is 1.69. The van der Waals surface area contributed by atoms with Crippen LogP contribution >= 0.6 is 11.3 Å². The second-order valence-corrected chi connectivity index (χ2v) is 4.91. The second kappa shape index (κ2) is 4.51. The number of rotatable bonds is 4. The third-order valence-corrected chi connectivity index (χ3v) is 3.46. The molecule has 0 spiro atoms. The third kappa shape index (κ3) is 2.02. The molecule has 0 aliphatic rings. The SMILES string of the molecule is Cc1nc(CNCc2c(C)nc3sccn23)no1. The van der Waals surface area contributed by atoms with E-state index in [1.807, 2.05) is 18.5 Å². The third-order valence-electron chi connectivity index (χ3n) is 2.71. The van der Waals surface area contributed by atoms with Crippen LogP contribution in [-0.4, -0.2) is 19.5 Å². The van der Waals surface area contributed by atoms with Gasteiger partial charge < -0.3 is 9.84 Å². The average Bonchev–Trinajstić information content (AvgIpc) is 2.99. The summed E-state index contributed by atoms with van der Waals surface area (Å²) in [5, 5.41) is 9.17. The Morgan fingerprint density at radius 1 is 1.33 bits per heavy atom. The summed E-state index contributed by atoms with van der Waals surface area (Å²) in [6.07, 6.45) is 2.04. The Morgan fingerprint density at radius 2 is 2.22 bits per heavy atom. The van der Waals surface area contributed by atoms with E-state index in [1.165, 1.54) is 5.69 Å². The van der Waals surface area contributed by atoms with Crippen molar-refractivity contribution in [3.8, 4) is 0 Å². The van der Waals surface area contributed by atoms with Crippen molar-refractivity contribution < 1.29 is 4.52 Å². The molecule has 3 rings (SSSR count). The van der Waals surface area contributed by atoms with Gasteiger partial charge in [0.05, 0.1) is 17.9 Å². The molecule has 0 saturated heterocycles. The number of aromatic nitrogens is 4. The molecule has 0 aliphatic carbocycles. The van der Waals surface area contributed by atoms with Crippen LogP contribution in [0.4, 0.5) is 0 Å². The zero-order chi connectivity index (χ0) is 12.5. The highest BCUT2D eigenvalue weighted by Gasteiger charge is 2.09. The molecule has 7 heteroatoms. The van der Waals surface area contributed by atoms with Crippen LogP contribution in [0.1, 0.15) is 23.1 Å². The predicted molar refractivity (Wildman–Crippen MR) is 67.4 cm³/mol. The monoisotopic (exact) mass is 263 g/mol. The maximum absolute atomic E-state index is 4.92. The van der Waals surface area contributed by atoms with E-state index in [0.29, 0.717) is 18.3 Å². The Morgan fingerprint density at radius 3 is 3.00 bits per heavy atom. The number of thiazole rings is 1. The lowest BCUT2D eigenvalue weighted by molar-refractivity contribution is 0.385. The molecular weight excluding hydrogens is 250 g/mol. The van der Waals surface area contributed by atoms with Crippen molar-refractivity contribution in [2.75, 3.05) is 0 Å². The van der Waals surface area contributed by atoms with Crippen LogP contribution < -0.4 is 5.32 Å². The molecule has 0 fully saturated rings. The summed E-state index contributed by atoms with van der Waals surface area (Å²) in [4.78, 5) is 9.67. The summed E-state index contributed by atoms with van der Waals surface area (Å²) >= 11 is 1.64. The normalized spacial score (nSPS) is 11.4. The molecule has 0 aromatic carbocycles. The van der Waals surface area contributed by atoms with E-state index in [2.05, 4.69) is 24.8 Å². The molecule has 94 valence electrons. The van der Waals surface area contributed by atoms with Gasteiger partial charge in [0.15, 0.2) is 10.8 Å². The number of aryl methyl sites for hydroxylation is 2. The number of nitrogens with one attached hydrogen (secondary N) is 1. The Kier molecular flexibility index (Phi) is 2.85. The van der Waals surface area contributed by atoms with Crippen molar-refractivity contribution in [3.63, 3.8) is 0 Å². The highest BCUT2D eigenvalue weighted by Crippen LogP contribution is 2.16. The van der Waals surface area contributed by atoms with E-state index in [1.54, 1.807) is 18.3 Å².